The lowest BCUT2D eigenvalue weighted by molar-refractivity contribution is 0.0921. The number of rotatable bonds is 4. The molecule has 25 heavy (non-hydrogen) atoms. The third-order valence-corrected chi connectivity index (χ3v) is 5.01. The fourth-order valence-corrected chi connectivity index (χ4v) is 3.49. The molecule has 0 unspecified atom stereocenters. The molecule has 0 N–H and O–H groups in total. The van der Waals surface area contributed by atoms with Crippen LogP contribution >= 0.6 is 15.9 Å². The van der Waals surface area contributed by atoms with Crippen molar-refractivity contribution in [3.05, 3.63) is 74.0 Å². The van der Waals surface area contributed by atoms with Crippen molar-refractivity contribution in [2.75, 3.05) is 6.61 Å². The van der Waals surface area contributed by atoms with Crippen molar-refractivity contribution in [2.45, 2.75) is 19.3 Å². The zero-order valence-corrected chi connectivity index (χ0v) is 15.0. The first-order chi connectivity index (χ1) is 12.1. The van der Waals surface area contributed by atoms with Crippen LogP contribution in [0.3, 0.4) is 0 Å². The number of hydrogen-bond acceptors (Lipinski definition) is 4. The van der Waals surface area contributed by atoms with Crippen molar-refractivity contribution in [1.82, 2.24) is 0 Å². The first kappa shape index (κ1) is 16.1. The molecular weight excluding hydrogens is 384 g/mol. The lowest BCUT2D eigenvalue weighted by Gasteiger charge is -2.08. The van der Waals surface area contributed by atoms with Crippen LogP contribution in [0.5, 0.6) is 5.75 Å². The Morgan fingerprint density at radius 3 is 2.64 bits per heavy atom. The van der Waals surface area contributed by atoms with E-state index in [2.05, 4.69) is 15.9 Å². The molecule has 0 amide bonds. The Morgan fingerprint density at radius 2 is 1.84 bits per heavy atom. The molecule has 0 radical (unpaired) electrons. The van der Waals surface area contributed by atoms with E-state index in [9.17, 15) is 9.59 Å². The Hall–Kier alpha value is -2.40. The Morgan fingerprint density at radius 1 is 1.08 bits per heavy atom. The monoisotopic (exact) mass is 398 g/mol. The first-order valence-corrected chi connectivity index (χ1v) is 8.91. The summed E-state index contributed by atoms with van der Waals surface area (Å²) in [5.74, 6) is 0.405. The highest BCUT2D eigenvalue weighted by molar-refractivity contribution is 9.10. The molecule has 0 fully saturated rings. The van der Waals surface area contributed by atoms with Crippen LogP contribution in [0, 0.1) is 0 Å². The Bertz CT molecular complexity index is 1020. The van der Waals surface area contributed by atoms with Crippen molar-refractivity contribution in [2.24, 2.45) is 0 Å². The third-order valence-electron chi connectivity index (χ3n) is 4.48. The number of hydrogen-bond donors (Lipinski definition) is 0. The predicted octanol–water partition coefficient (Wildman–Crippen LogP) is 4.31. The lowest BCUT2D eigenvalue weighted by atomic mass is 10.1. The number of benzene rings is 2. The second-order valence-electron chi connectivity index (χ2n) is 6.08. The van der Waals surface area contributed by atoms with E-state index in [0.29, 0.717) is 16.9 Å². The molecule has 2 aromatic carbocycles. The summed E-state index contributed by atoms with van der Waals surface area (Å²) in [6.45, 7) is -0.0672. The van der Waals surface area contributed by atoms with Crippen LogP contribution in [0.25, 0.3) is 11.0 Å². The SMILES string of the molecule is O=C(COc1ccc2c3c(c(=O)oc2c1)CCC3)c1ccc(Br)cc1. The summed E-state index contributed by atoms with van der Waals surface area (Å²) in [4.78, 5) is 24.2. The van der Waals surface area contributed by atoms with E-state index in [4.69, 9.17) is 9.15 Å². The van der Waals surface area contributed by atoms with Gasteiger partial charge in [-0.25, -0.2) is 4.79 Å². The molecule has 1 aliphatic rings. The van der Waals surface area contributed by atoms with E-state index in [0.717, 1.165) is 40.2 Å². The average molecular weight is 399 g/mol. The van der Waals surface area contributed by atoms with Crippen LogP contribution in [0.4, 0.5) is 0 Å². The summed E-state index contributed by atoms with van der Waals surface area (Å²) < 4.78 is 11.9. The molecule has 0 bridgehead atoms. The lowest BCUT2D eigenvalue weighted by Crippen LogP contribution is -2.11. The standard InChI is InChI=1S/C20H15BrO4/c21-13-6-4-12(5-7-13)18(22)11-24-14-8-9-16-15-2-1-3-17(15)20(23)25-19(16)10-14/h4-10H,1-3,11H2. The molecule has 1 aliphatic carbocycles. The second-order valence-corrected chi connectivity index (χ2v) is 6.99. The first-order valence-electron chi connectivity index (χ1n) is 8.12. The van der Waals surface area contributed by atoms with Gasteiger partial charge in [-0.15, -0.1) is 0 Å². The third kappa shape index (κ3) is 3.12. The quantitative estimate of drug-likeness (QED) is 0.485. The highest BCUT2D eigenvalue weighted by atomic mass is 79.9. The van der Waals surface area contributed by atoms with Gasteiger partial charge < -0.3 is 9.15 Å². The number of ether oxygens (including phenoxy) is 1. The number of ketones is 1. The van der Waals surface area contributed by atoms with E-state index in [-0.39, 0.29) is 18.0 Å². The van der Waals surface area contributed by atoms with E-state index >= 15 is 0 Å². The normalized spacial score (nSPS) is 13.0. The van der Waals surface area contributed by atoms with Crippen molar-refractivity contribution < 1.29 is 13.9 Å². The molecule has 1 heterocycles. The molecule has 0 saturated carbocycles. The van der Waals surface area contributed by atoms with Crippen LogP contribution in [0.15, 0.2) is 56.1 Å². The maximum absolute atomic E-state index is 12.2. The minimum Gasteiger partial charge on any atom is -0.485 e. The van der Waals surface area contributed by atoms with E-state index in [1.54, 1.807) is 18.2 Å². The van der Waals surface area contributed by atoms with Crippen LogP contribution in [0.1, 0.15) is 27.9 Å². The van der Waals surface area contributed by atoms with Gasteiger partial charge in [-0.05, 0) is 49.1 Å². The minimum absolute atomic E-state index is 0.0672. The summed E-state index contributed by atoms with van der Waals surface area (Å²) >= 11 is 3.34. The number of carbonyl (C=O) groups is 1. The van der Waals surface area contributed by atoms with Gasteiger partial charge in [0, 0.05) is 27.1 Å². The molecule has 4 rings (SSSR count). The van der Waals surface area contributed by atoms with E-state index in [1.165, 1.54) is 0 Å². The Labute approximate surface area is 152 Å². The molecule has 0 aliphatic heterocycles. The number of carbonyl (C=O) groups excluding carboxylic acids is 1. The minimum atomic E-state index is -0.261. The Kier molecular flexibility index (Phi) is 4.17. The molecular formula is C20H15BrO4. The molecule has 3 aromatic rings. The summed E-state index contributed by atoms with van der Waals surface area (Å²) in [5, 5.41) is 0.957. The van der Waals surface area contributed by atoms with Gasteiger partial charge in [0.05, 0.1) is 0 Å². The molecule has 4 nitrogen and oxygen atoms in total. The number of fused-ring (bicyclic) bond motifs is 3. The maximum Gasteiger partial charge on any atom is 0.339 e. The fraction of sp³-hybridized carbons (Fsp3) is 0.200. The van der Waals surface area contributed by atoms with Gasteiger partial charge in [-0.3, -0.25) is 4.79 Å². The van der Waals surface area contributed by atoms with Crippen molar-refractivity contribution in [3.8, 4) is 5.75 Å². The molecule has 126 valence electrons. The second kappa shape index (κ2) is 6.48. The van der Waals surface area contributed by atoms with Crippen molar-refractivity contribution in [3.63, 3.8) is 0 Å². The zero-order valence-electron chi connectivity index (χ0n) is 13.4. The smallest absolute Gasteiger partial charge is 0.339 e. The highest BCUT2D eigenvalue weighted by Gasteiger charge is 2.19. The Balaban J connectivity index is 1.56. The molecule has 1 aromatic heterocycles. The summed E-state index contributed by atoms with van der Waals surface area (Å²) in [5.41, 5.74) is 2.73. The van der Waals surface area contributed by atoms with Gasteiger partial charge >= 0.3 is 5.63 Å². The number of aryl methyl sites for hydroxylation is 1. The zero-order chi connectivity index (χ0) is 17.4. The molecule has 0 saturated heterocycles. The van der Waals surface area contributed by atoms with Crippen LogP contribution in [-0.4, -0.2) is 12.4 Å². The predicted molar refractivity (Wildman–Crippen MR) is 98.5 cm³/mol. The van der Waals surface area contributed by atoms with Gasteiger partial charge in [0.25, 0.3) is 0 Å². The van der Waals surface area contributed by atoms with E-state index in [1.807, 2.05) is 24.3 Å². The number of Topliss-reactive ketones (excluding diaryl/α,β-unsaturated/α-hetero) is 1. The van der Waals surface area contributed by atoms with Crippen LogP contribution < -0.4 is 10.4 Å². The van der Waals surface area contributed by atoms with Crippen molar-refractivity contribution in [1.29, 1.82) is 0 Å². The van der Waals surface area contributed by atoms with Gasteiger partial charge in [-0.2, -0.15) is 0 Å². The molecule has 0 spiro atoms. The average Bonchev–Trinajstić information content (AvgIpc) is 3.11. The van der Waals surface area contributed by atoms with Crippen LogP contribution in [-0.2, 0) is 12.8 Å². The van der Waals surface area contributed by atoms with Gasteiger partial charge in [0.1, 0.15) is 11.3 Å². The van der Waals surface area contributed by atoms with Gasteiger partial charge in [0.2, 0.25) is 0 Å². The van der Waals surface area contributed by atoms with Crippen molar-refractivity contribution >= 4 is 32.7 Å². The summed E-state index contributed by atoms with van der Waals surface area (Å²) in [6.07, 6.45) is 2.67. The summed E-state index contributed by atoms with van der Waals surface area (Å²) in [6, 6.07) is 12.5. The molecule has 0 atom stereocenters. The fourth-order valence-electron chi connectivity index (χ4n) is 3.22. The number of halogens is 1. The van der Waals surface area contributed by atoms with Gasteiger partial charge in [-0.1, -0.05) is 28.1 Å². The highest BCUT2D eigenvalue weighted by Crippen LogP contribution is 2.29. The van der Waals surface area contributed by atoms with Gasteiger partial charge in [0.15, 0.2) is 12.4 Å². The maximum atomic E-state index is 12.2. The largest absolute Gasteiger partial charge is 0.485 e. The van der Waals surface area contributed by atoms with E-state index < -0.39 is 0 Å². The van der Waals surface area contributed by atoms with Crippen LogP contribution in [0.2, 0.25) is 0 Å². The summed E-state index contributed by atoms with van der Waals surface area (Å²) in [7, 11) is 0. The topological polar surface area (TPSA) is 56.5 Å². The molecule has 5 heteroatoms.